The zero-order valence-electron chi connectivity index (χ0n) is 9.83. The fraction of sp³-hybridized carbons (Fsp3) is 0.583. The Bertz CT molecular complexity index is 336. The zero-order valence-corrected chi connectivity index (χ0v) is 10.6. The number of carbonyl (C=O) groups excluding carboxylic acids is 1. The number of amides is 1. The van der Waals surface area contributed by atoms with Gasteiger partial charge < -0.3 is 9.32 Å². The van der Waals surface area contributed by atoms with Crippen LogP contribution in [0.3, 0.4) is 0 Å². The molecule has 1 heterocycles. The lowest BCUT2D eigenvalue weighted by molar-refractivity contribution is 0.0730. The summed E-state index contributed by atoms with van der Waals surface area (Å²) >= 11 is 5.69. The number of rotatable bonds is 6. The maximum atomic E-state index is 12.0. The molecule has 1 aromatic rings. The molecular weight excluding hydrogens is 226 g/mol. The van der Waals surface area contributed by atoms with Crippen LogP contribution < -0.4 is 0 Å². The van der Waals surface area contributed by atoms with E-state index in [9.17, 15) is 4.79 Å². The molecule has 0 radical (unpaired) electrons. The molecule has 0 aliphatic rings. The lowest BCUT2D eigenvalue weighted by atomic mass is 10.3. The Kier molecular flexibility index (Phi) is 5.39. The SMILES string of the molecule is CCCCN(CCCl)C(=O)c1ccc(C)o1. The third-order valence-electron chi connectivity index (χ3n) is 2.37. The predicted molar refractivity (Wildman–Crippen MR) is 65.0 cm³/mol. The highest BCUT2D eigenvalue weighted by atomic mass is 35.5. The number of furan rings is 1. The number of hydrogen-bond acceptors (Lipinski definition) is 2. The summed E-state index contributed by atoms with van der Waals surface area (Å²) in [7, 11) is 0. The van der Waals surface area contributed by atoms with Gasteiger partial charge in [0.1, 0.15) is 5.76 Å². The number of carbonyl (C=O) groups is 1. The maximum absolute atomic E-state index is 12.0. The van der Waals surface area contributed by atoms with Crippen molar-refractivity contribution >= 4 is 17.5 Å². The Balaban J connectivity index is 2.66. The van der Waals surface area contributed by atoms with Crippen LogP contribution in [0.1, 0.15) is 36.1 Å². The maximum Gasteiger partial charge on any atom is 0.289 e. The Morgan fingerprint density at radius 2 is 2.19 bits per heavy atom. The molecule has 0 aliphatic carbocycles. The first-order valence-electron chi connectivity index (χ1n) is 5.60. The molecule has 0 aliphatic heterocycles. The van der Waals surface area contributed by atoms with E-state index >= 15 is 0 Å². The Morgan fingerprint density at radius 1 is 1.44 bits per heavy atom. The molecule has 0 bridgehead atoms. The zero-order chi connectivity index (χ0) is 12.0. The van der Waals surface area contributed by atoms with Gasteiger partial charge in [0, 0.05) is 19.0 Å². The topological polar surface area (TPSA) is 33.5 Å². The molecule has 0 unspecified atom stereocenters. The van der Waals surface area contributed by atoms with Crippen molar-refractivity contribution in [2.24, 2.45) is 0 Å². The summed E-state index contributed by atoms with van der Waals surface area (Å²) < 4.78 is 5.32. The van der Waals surface area contributed by atoms with Crippen molar-refractivity contribution in [1.29, 1.82) is 0 Å². The molecule has 90 valence electrons. The quantitative estimate of drug-likeness (QED) is 0.720. The van der Waals surface area contributed by atoms with E-state index in [1.54, 1.807) is 17.0 Å². The first-order chi connectivity index (χ1) is 7.69. The van der Waals surface area contributed by atoms with Crippen LogP contribution in [0.15, 0.2) is 16.5 Å². The standard InChI is InChI=1S/C12H18ClNO2/c1-3-4-8-14(9-7-13)12(15)11-6-5-10(2)16-11/h5-6H,3-4,7-9H2,1-2H3. The van der Waals surface area contributed by atoms with E-state index in [2.05, 4.69) is 6.92 Å². The summed E-state index contributed by atoms with van der Waals surface area (Å²) in [6.45, 7) is 5.23. The highest BCUT2D eigenvalue weighted by molar-refractivity contribution is 6.18. The molecule has 16 heavy (non-hydrogen) atoms. The Morgan fingerprint density at radius 3 is 2.69 bits per heavy atom. The number of aryl methyl sites for hydroxylation is 1. The summed E-state index contributed by atoms with van der Waals surface area (Å²) in [5.74, 6) is 1.54. The monoisotopic (exact) mass is 243 g/mol. The summed E-state index contributed by atoms with van der Waals surface area (Å²) in [5, 5.41) is 0. The Hall–Kier alpha value is -0.960. The molecule has 0 N–H and O–H groups in total. The fourth-order valence-electron chi connectivity index (χ4n) is 1.47. The van der Waals surface area contributed by atoms with E-state index in [4.69, 9.17) is 16.0 Å². The second kappa shape index (κ2) is 6.59. The third kappa shape index (κ3) is 3.56. The Labute approximate surface area is 101 Å². The molecule has 1 aromatic heterocycles. The highest BCUT2D eigenvalue weighted by Crippen LogP contribution is 2.10. The third-order valence-corrected chi connectivity index (χ3v) is 2.54. The van der Waals surface area contributed by atoms with Gasteiger partial charge in [0.2, 0.25) is 0 Å². The van der Waals surface area contributed by atoms with Crippen molar-refractivity contribution in [3.63, 3.8) is 0 Å². The van der Waals surface area contributed by atoms with Gasteiger partial charge in [-0.3, -0.25) is 4.79 Å². The average molecular weight is 244 g/mol. The smallest absolute Gasteiger partial charge is 0.289 e. The molecule has 0 fully saturated rings. The van der Waals surface area contributed by atoms with Crippen molar-refractivity contribution < 1.29 is 9.21 Å². The number of hydrogen-bond donors (Lipinski definition) is 0. The first-order valence-corrected chi connectivity index (χ1v) is 6.14. The normalized spacial score (nSPS) is 10.4. The van der Waals surface area contributed by atoms with Crippen LogP contribution in [0, 0.1) is 6.92 Å². The average Bonchev–Trinajstić information content (AvgIpc) is 2.70. The minimum atomic E-state index is -0.0674. The number of nitrogens with zero attached hydrogens (tertiary/aromatic N) is 1. The summed E-state index contributed by atoms with van der Waals surface area (Å²) in [6.07, 6.45) is 2.05. The largest absolute Gasteiger partial charge is 0.456 e. The summed E-state index contributed by atoms with van der Waals surface area (Å²) in [5.41, 5.74) is 0. The van der Waals surface area contributed by atoms with E-state index < -0.39 is 0 Å². The van der Waals surface area contributed by atoms with Gasteiger partial charge in [-0.25, -0.2) is 0 Å². The van der Waals surface area contributed by atoms with Crippen molar-refractivity contribution in [2.45, 2.75) is 26.7 Å². The molecular formula is C12H18ClNO2. The van der Waals surface area contributed by atoms with Crippen LogP contribution in [-0.4, -0.2) is 29.8 Å². The van der Waals surface area contributed by atoms with Gasteiger partial charge in [-0.1, -0.05) is 13.3 Å². The number of unbranched alkanes of at least 4 members (excludes halogenated alkanes) is 1. The summed E-state index contributed by atoms with van der Waals surface area (Å²) in [4.78, 5) is 13.8. The van der Waals surface area contributed by atoms with Gasteiger partial charge in [-0.15, -0.1) is 11.6 Å². The van der Waals surface area contributed by atoms with Crippen molar-refractivity contribution in [3.8, 4) is 0 Å². The van der Waals surface area contributed by atoms with Crippen LogP contribution in [-0.2, 0) is 0 Å². The second-order valence-corrected chi connectivity index (χ2v) is 4.12. The lowest BCUT2D eigenvalue weighted by Crippen LogP contribution is -2.33. The number of alkyl halides is 1. The molecule has 0 spiro atoms. The molecule has 0 saturated heterocycles. The van der Waals surface area contributed by atoms with E-state index in [0.717, 1.165) is 25.1 Å². The van der Waals surface area contributed by atoms with Crippen molar-refractivity contribution in [3.05, 3.63) is 23.7 Å². The second-order valence-electron chi connectivity index (χ2n) is 3.75. The molecule has 0 saturated carbocycles. The predicted octanol–water partition coefficient (Wildman–Crippen LogP) is 3.07. The summed E-state index contributed by atoms with van der Waals surface area (Å²) in [6, 6.07) is 3.51. The fourth-order valence-corrected chi connectivity index (χ4v) is 1.68. The molecule has 3 nitrogen and oxygen atoms in total. The minimum absolute atomic E-state index is 0.0674. The van der Waals surface area contributed by atoms with Crippen molar-refractivity contribution in [1.82, 2.24) is 4.90 Å². The molecule has 1 amide bonds. The van der Waals surface area contributed by atoms with Gasteiger partial charge in [-0.05, 0) is 25.5 Å². The van der Waals surface area contributed by atoms with Gasteiger partial charge in [0.15, 0.2) is 5.76 Å². The van der Waals surface area contributed by atoms with E-state index in [0.29, 0.717) is 18.2 Å². The van der Waals surface area contributed by atoms with Crippen LogP contribution >= 0.6 is 11.6 Å². The lowest BCUT2D eigenvalue weighted by Gasteiger charge is -2.20. The molecule has 0 aromatic carbocycles. The van der Waals surface area contributed by atoms with E-state index in [-0.39, 0.29) is 5.91 Å². The van der Waals surface area contributed by atoms with Crippen molar-refractivity contribution in [2.75, 3.05) is 19.0 Å². The van der Waals surface area contributed by atoms with E-state index in [1.165, 1.54) is 0 Å². The van der Waals surface area contributed by atoms with Crippen LogP contribution in [0.2, 0.25) is 0 Å². The molecule has 1 rings (SSSR count). The van der Waals surface area contributed by atoms with E-state index in [1.807, 2.05) is 6.92 Å². The highest BCUT2D eigenvalue weighted by Gasteiger charge is 2.17. The van der Waals surface area contributed by atoms with Crippen LogP contribution in [0.4, 0.5) is 0 Å². The number of halogens is 1. The minimum Gasteiger partial charge on any atom is -0.456 e. The molecule has 0 atom stereocenters. The van der Waals surface area contributed by atoms with Crippen LogP contribution in [0.5, 0.6) is 0 Å². The van der Waals surface area contributed by atoms with Gasteiger partial charge >= 0.3 is 0 Å². The van der Waals surface area contributed by atoms with Crippen LogP contribution in [0.25, 0.3) is 0 Å². The van der Waals surface area contributed by atoms with Gasteiger partial charge in [0.25, 0.3) is 5.91 Å². The first kappa shape index (κ1) is 13.1. The van der Waals surface area contributed by atoms with Gasteiger partial charge in [-0.2, -0.15) is 0 Å². The van der Waals surface area contributed by atoms with Gasteiger partial charge in [0.05, 0.1) is 0 Å². The molecule has 4 heteroatoms.